The van der Waals surface area contributed by atoms with Gasteiger partial charge in [-0.3, -0.25) is 0 Å². The summed E-state index contributed by atoms with van der Waals surface area (Å²) in [4.78, 5) is 11.3. The Balaban J connectivity index is 2.42. The molecular weight excluding hydrogens is 493 g/mol. The number of alkyl halides is 3. The van der Waals surface area contributed by atoms with Gasteiger partial charge in [0, 0.05) is 0 Å². The zero-order valence-corrected chi connectivity index (χ0v) is 16.2. The fraction of sp³-hybridized carbons (Fsp3) is 0.133. The monoisotopic (exact) mass is 504 g/mol. The summed E-state index contributed by atoms with van der Waals surface area (Å²) in [5, 5.41) is -4.86. The maximum atomic E-state index is 14.0. The summed E-state index contributed by atoms with van der Waals surface area (Å²) in [7, 11) is -5.57. The van der Waals surface area contributed by atoms with Crippen LogP contribution in [0.15, 0.2) is 60.7 Å². The Morgan fingerprint density at radius 1 is 1.00 bits per heavy atom. The molecule has 0 aromatic heterocycles. The second kappa shape index (κ2) is 8.39. The molecule has 0 heterocycles. The fourth-order valence-electron chi connectivity index (χ4n) is 1.62. The van der Waals surface area contributed by atoms with Crippen molar-refractivity contribution in [1.82, 2.24) is 0 Å². The topological polar surface area (TPSA) is 69.7 Å². The Morgan fingerprint density at radius 2 is 1.44 bits per heavy atom. The summed E-state index contributed by atoms with van der Waals surface area (Å²) < 4.78 is 61.8. The first-order valence-electron chi connectivity index (χ1n) is 6.65. The van der Waals surface area contributed by atoms with Gasteiger partial charge >= 0.3 is 156 Å². The van der Waals surface area contributed by atoms with Gasteiger partial charge < -0.3 is 0 Å². The van der Waals surface area contributed by atoms with Crippen molar-refractivity contribution in [1.29, 1.82) is 0 Å². The van der Waals surface area contributed by atoms with Crippen molar-refractivity contribution in [2.75, 3.05) is 6.07 Å². The summed E-state index contributed by atoms with van der Waals surface area (Å²) in [5.41, 5.74) is 0. The summed E-state index contributed by atoms with van der Waals surface area (Å²) in [5.74, 6) is -2.28. The van der Waals surface area contributed by atoms with Crippen LogP contribution >= 0.6 is 31.8 Å². The van der Waals surface area contributed by atoms with E-state index >= 15 is 0 Å². The van der Waals surface area contributed by atoms with E-state index in [0.717, 1.165) is 0 Å². The first-order valence-corrected chi connectivity index (χ1v) is 11.6. The van der Waals surface area contributed by atoms with E-state index in [1.807, 2.05) is 0 Å². The van der Waals surface area contributed by atoms with Gasteiger partial charge in [0.05, 0.1) is 0 Å². The van der Waals surface area contributed by atoms with E-state index < -0.39 is 47.6 Å². The molecule has 0 aliphatic heterocycles. The molecule has 0 aliphatic carbocycles. The molecule has 2 aromatic carbocycles. The molecule has 0 bridgehead atoms. The predicted molar refractivity (Wildman–Crippen MR) is 96.1 cm³/mol. The van der Waals surface area contributed by atoms with Gasteiger partial charge in [0.25, 0.3) is 0 Å². The molecule has 10 heteroatoms. The molecule has 2 aromatic rings. The molecule has 136 valence electrons. The van der Waals surface area contributed by atoms with E-state index in [2.05, 4.69) is 4.74 Å². The second-order valence-electron chi connectivity index (χ2n) is 4.41. The normalized spacial score (nSPS) is 12.5. The molecule has 25 heavy (non-hydrogen) atoms. The van der Waals surface area contributed by atoms with Crippen molar-refractivity contribution in [3.05, 3.63) is 67.8 Å². The molecule has 0 saturated heterocycles. The molecule has 0 amide bonds. The first kappa shape index (κ1) is 20.0. The van der Waals surface area contributed by atoms with Crippen LogP contribution in [0, 0.1) is 7.14 Å². The standard InChI is InChI=1S/C15H12ClF2IO5S/c16-11-23-14(20)15(17,18)25(21,22)24-19(12-7-3-1-4-8-12)13-9-5-2-6-10-13/h1-10H,11H2. The van der Waals surface area contributed by atoms with Crippen LogP contribution in [0.1, 0.15) is 0 Å². The van der Waals surface area contributed by atoms with Crippen LogP contribution in [-0.2, 0) is 22.2 Å². The van der Waals surface area contributed by atoms with Crippen LogP contribution in [0.25, 0.3) is 0 Å². The van der Waals surface area contributed by atoms with Crippen molar-refractivity contribution in [3.63, 3.8) is 0 Å². The van der Waals surface area contributed by atoms with Crippen LogP contribution in [0.5, 0.6) is 0 Å². The number of carbonyl (C=O) groups is 1. The fourth-order valence-corrected chi connectivity index (χ4v) is 8.57. The number of carbonyl (C=O) groups excluding carboxylic acids is 1. The summed E-state index contributed by atoms with van der Waals surface area (Å²) >= 11 is 1.79. The Kier molecular flexibility index (Phi) is 6.72. The van der Waals surface area contributed by atoms with E-state index in [-0.39, 0.29) is 0 Å². The van der Waals surface area contributed by atoms with Crippen LogP contribution in [-0.4, -0.2) is 25.7 Å². The molecular formula is C15H12ClF2IO5S. The Bertz CT molecular complexity index is 779. The summed E-state index contributed by atoms with van der Waals surface area (Å²) in [6.45, 7) is 0. The van der Waals surface area contributed by atoms with E-state index in [1.165, 1.54) is 0 Å². The molecule has 0 saturated carbocycles. The zero-order valence-electron chi connectivity index (χ0n) is 12.4. The number of esters is 1. The van der Waals surface area contributed by atoms with Crippen molar-refractivity contribution in [2.45, 2.75) is 5.25 Å². The number of hydrogen-bond acceptors (Lipinski definition) is 5. The molecule has 0 atom stereocenters. The minimum atomic E-state index is -5.57. The predicted octanol–water partition coefficient (Wildman–Crippen LogP) is 3.83. The van der Waals surface area contributed by atoms with Gasteiger partial charge in [0.2, 0.25) is 0 Å². The molecule has 5 nitrogen and oxygen atoms in total. The molecule has 2 rings (SSSR count). The van der Waals surface area contributed by atoms with E-state index in [1.54, 1.807) is 60.7 Å². The quantitative estimate of drug-likeness (QED) is 0.326. The molecule has 0 unspecified atom stereocenters. The number of halogens is 4. The van der Waals surface area contributed by atoms with Crippen molar-refractivity contribution in [3.8, 4) is 0 Å². The third kappa shape index (κ3) is 4.66. The van der Waals surface area contributed by atoms with Crippen LogP contribution in [0.3, 0.4) is 0 Å². The SMILES string of the molecule is O=C(OCCl)C(F)(F)S(=O)(=O)OI(c1ccccc1)c1ccccc1. The number of ether oxygens (including phenoxy) is 1. The third-order valence-electron chi connectivity index (χ3n) is 2.75. The first-order chi connectivity index (χ1) is 11.8. The number of benzene rings is 2. The van der Waals surface area contributed by atoms with Gasteiger partial charge in [-0.1, -0.05) is 0 Å². The molecule has 0 N–H and O–H groups in total. The van der Waals surface area contributed by atoms with Gasteiger partial charge in [0.15, 0.2) is 0 Å². The van der Waals surface area contributed by atoms with Crippen molar-refractivity contribution < 1.29 is 29.2 Å². The molecule has 0 spiro atoms. The van der Waals surface area contributed by atoms with Gasteiger partial charge in [-0.2, -0.15) is 0 Å². The maximum absolute atomic E-state index is 14.0. The molecule has 0 aliphatic rings. The van der Waals surface area contributed by atoms with Crippen molar-refractivity contribution >= 4 is 47.9 Å². The number of rotatable bonds is 7. The van der Waals surface area contributed by atoms with Crippen LogP contribution in [0.4, 0.5) is 8.78 Å². The van der Waals surface area contributed by atoms with Crippen LogP contribution < -0.4 is 0 Å². The molecule has 0 fully saturated rings. The summed E-state index contributed by atoms with van der Waals surface area (Å²) in [6.07, 6.45) is 0. The Labute approximate surface area is 156 Å². The number of hydrogen-bond donors (Lipinski definition) is 0. The van der Waals surface area contributed by atoms with E-state index in [9.17, 15) is 22.0 Å². The van der Waals surface area contributed by atoms with Crippen LogP contribution in [0.2, 0.25) is 0 Å². The minimum absolute atomic E-state index is 0.475. The average molecular weight is 505 g/mol. The zero-order chi connectivity index (χ0) is 18.5. The Morgan fingerprint density at radius 3 is 1.84 bits per heavy atom. The summed E-state index contributed by atoms with van der Waals surface area (Å²) in [6, 6.07) is 15.4. The van der Waals surface area contributed by atoms with Gasteiger partial charge in [0.1, 0.15) is 0 Å². The second-order valence-corrected chi connectivity index (χ2v) is 11.2. The van der Waals surface area contributed by atoms with Gasteiger partial charge in [-0.25, -0.2) is 0 Å². The van der Waals surface area contributed by atoms with Gasteiger partial charge in [-0.05, 0) is 0 Å². The Hall–Kier alpha value is -1.30. The molecule has 0 radical (unpaired) electrons. The van der Waals surface area contributed by atoms with Crippen molar-refractivity contribution in [2.24, 2.45) is 0 Å². The van der Waals surface area contributed by atoms with Gasteiger partial charge in [-0.15, -0.1) is 0 Å². The average Bonchev–Trinajstić information content (AvgIpc) is 2.61. The third-order valence-corrected chi connectivity index (χ3v) is 10.1. The van der Waals surface area contributed by atoms with E-state index in [0.29, 0.717) is 7.14 Å². The van der Waals surface area contributed by atoms with E-state index in [4.69, 9.17) is 14.1 Å².